The monoisotopic (exact) mass is 423 g/mol. The van der Waals surface area contributed by atoms with E-state index in [1.165, 1.54) is 4.88 Å². The highest BCUT2D eigenvalue weighted by molar-refractivity contribution is 7.10. The van der Waals surface area contributed by atoms with E-state index < -0.39 is 17.8 Å². The number of allylic oxidation sites excluding steroid dienone is 2. The zero-order chi connectivity index (χ0) is 21.4. The Hall–Kier alpha value is -2.86. The Morgan fingerprint density at radius 2 is 2.07 bits per heavy atom. The summed E-state index contributed by atoms with van der Waals surface area (Å²) in [7, 11) is 0. The summed E-state index contributed by atoms with van der Waals surface area (Å²) < 4.78 is 5.50. The number of hydrogen-bond donors (Lipinski definition) is 2. The van der Waals surface area contributed by atoms with Gasteiger partial charge in [0.1, 0.15) is 11.7 Å². The summed E-state index contributed by atoms with van der Waals surface area (Å²) in [6.45, 7) is 7.70. The Morgan fingerprint density at radius 3 is 2.73 bits per heavy atom. The second kappa shape index (κ2) is 8.11. The highest BCUT2D eigenvalue weighted by atomic mass is 32.1. The normalized spacial score (nSPS) is 23.9. The number of phenols is 1. The molecule has 0 saturated heterocycles. The van der Waals surface area contributed by atoms with Crippen molar-refractivity contribution in [1.82, 2.24) is 5.32 Å². The lowest BCUT2D eigenvalue weighted by molar-refractivity contribution is -0.151. The smallest absolute Gasteiger partial charge is 0.316 e. The molecule has 30 heavy (non-hydrogen) atoms. The quantitative estimate of drug-likeness (QED) is 0.702. The Bertz CT molecular complexity index is 1020. The third-order valence-corrected chi connectivity index (χ3v) is 6.65. The van der Waals surface area contributed by atoms with E-state index >= 15 is 0 Å². The predicted molar refractivity (Wildman–Crippen MR) is 116 cm³/mol. The molecule has 0 spiro atoms. The van der Waals surface area contributed by atoms with Crippen LogP contribution in [0.4, 0.5) is 0 Å². The molecular formula is C24H25NO4S. The number of ketones is 1. The molecule has 6 heteroatoms. The van der Waals surface area contributed by atoms with E-state index in [0.717, 1.165) is 5.70 Å². The maximum atomic E-state index is 13.4. The molecule has 1 aromatic heterocycles. The lowest BCUT2D eigenvalue weighted by Crippen LogP contribution is -2.42. The van der Waals surface area contributed by atoms with Gasteiger partial charge in [0.15, 0.2) is 5.78 Å². The van der Waals surface area contributed by atoms with Crippen LogP contribution >= 0.6 is 11.3 Å². The van der Waals surface area contributed by atoms with Crippen molar-refractivity contribution >= 4 is 23.1 Å². The number of thiophene rings is 1. The van der Waals surface area contributed by atoms with E-state index in [9.17, 15) is 14.7 Å². The van der Waals surface area contributed by atoms with Crippen LogP contribution in [0.1, 0.15) is 49.0 Å². The van der Waals surface area contributed by atoms with Crippen LogP contribution in [0.25, 0.3) is 0 Å². The fourth-order valence-electron chi connectivity index (χ4n) is 4.44. The van der Waals surface area contributed by atoms with E-state index in [2.05, 4.69) is 18.0 Å². The lowest BCUT2D eigenvalue weighted by Gasteiger charge is -2.40. The molecule has 0 bridgehead atoms. The van der Waals surface area contributed by atoms with E-state index in [1.807, 2.05) is 17.5 Å². The topological polar surface area (TPSA) is 75.6 Å². The number of rotatable bonds is 4. The highest BCUT2D eigenvalue weighted by Gasteiger charge is 2.45. The van der Waals surface area contributed by atoms with Crippen LogP contribution in [-0.4, -0.2) is 23.0 Å². The first kappa shape index (κ1) is 20.4. The van der Waals surface area contributed by atoms with Gasteiger partial charge in [-0.05, 0) is 49.4 Å². The maximum Gasteiger partial charge on any atom is 0.316 e. The van der Waals surface area contributed by atoms with E-state index in [0.29, 0.717) is 29.7 Å². The number of hydrogen-bond acceptors (Lipinski definition) is 6. The SMILES string of the molecule is C=C1NC2=C(C(=O)CC(c3cccs3)C2)C(c2cccc(O)c2)C1C(=O)OC(C)C. The number of aromatic hydroxyl groups is 1. The summed E-state index contributed by atoms with van der Waals surface area (Å²) in [6.07, 6.45) is 0.798. The van der Waals surface area contributed by atoms with Gasteiger partial charge in [-0.1, -0.05) is 24.8 Å². The van der Waals surface area contributed by atoms with Gasteiger partial charge in [-0.25, -0.2) is 0 Å². The maximum absolute atomic E-state index is 13.4. The molecule has 2 aliphatic rings. The number of benzene rings is 1. The van der Waals surface area contributed by atoms with Crippen LogP contribution < -0.4 is 5.32 Å². The Morgan fingerprint density at radius 1 is 1.27 bits per heavy atom. The first-order valence-electron chi connectivity index (χ1n) is 10.1. The Labute approximate surface area is 180 Å². The lowest BCUT2D eigenvalue weighted by atomic mass is 9.69. The standard InChI is InChI=1S/C24H25NO4S/c1-13(2)29-24(28)21-14(3)25-18-11-16(20-8-5-9-30-20)12-19(27)23(18)22(21)15-6-4-7-17(26)10-15/h4-10,13,16,21-22,25-26H,3,11-12H2,1-2H3. The first-order valence-corrected chi connectivity index (χ1v) is 11.0. The average molecular weight is 424 g/mol. The number of nitrogens with one attached hydrogen (secondary N) is 1. The number of ether oxygens (including phenoxy) is 1. The third-order valence-electron chi connectivity index (χ3n) is 5.62. The molecule has 3 unspecified atom stereocenters. The van der Waals surface area contributed by atoms with Crippen molar-refractivity contribution < 1.29 is 19.4 Å². The van der Waals surface area contributed by atoms with Crippen LogP contribution in [0.3, 0.4) is 0 Å². The van der Waals surface area contributed by atoms with Gasteiger partial charge in [0.25, 0.3) is 0 Å². The summed E-state index contributed by atoms with van der Waals surface area (Å²) in [5, 5.41) is 15.3. The van der Waals surface area contributed by atoms with Crippen LogP contribution in [0.15, 0.2) is 65.3 Å². The van der Waals surface area contributed by atoms with Crippen LogP contribution in [0, 0.1) is 5.92 Å². The molecule has 1 aliphatic heterocycles. The fraction of sp³-hybridized carbons (Fsp3) is 0.333. The van der Waals surface area contributed by atoms with Gasteiger partial charge in [-0.15, -0.1) is 11.3 Å². The first-order chi connectivity index (χ1) is 14.3. The zero-order valence-corrected chi connectivity index (χ0v) is 17.9. The van der Waals surface area contributed by atoms with Crippen molar-refractivity contribution in [1.29, 1.82) is 0 Å². The molecule has 4 rings (SSSR count). The molecule has 1 aliphatic carbocycles. The third kappa shape index (κ3) is 3.79. The number of phenolic OH excluding ortho intramolecular Hbond substituents is 1. The van der Waals surface area contributed by atoms with Crippen molar-refractivity contribution in [3.63, 3.8) is 0 Å². The summed E-state index contributed by atoms with van der Waals surface area (Å²) in [5.41, 5.74) is 2.65. The average Bonchev–Trinajstić information content (AvgIpc) is 3.21. The minimum atomic E-state index is -0.741. The molecular weight excluding hydrogens is 398 g/mol. The molecule has 2 N–H and O–H groups in total. The second-order valence-electron chi connectivity index (χ2n) is 8.12. The number of Topliss-reactive ketones (excluding diaryl/α,β-unsaturated/α-hetero) is 1. The van der Waals surface area contributed by atoms with Crippen LogP contribution in [0.2, 0.25) is 0 Å². The van der Waals surface area contributed by atoms with Crippen LogP contribution in [-0.2, 0) is 14.3 Å². The van der Waals surface area contributed by atoms with E-state index in [1.54, 1.807) is 43.4 Å². The Balaban J connectivity index is 1.80. The van der Waals surface area contributed by atoms with Gasteiger partial charge in [-0.2, -0.15) is 0 Å². The minimum Gasteiger partial charge on any atom is -0.508 e. The zero-order valence-electron chi connectivity index (χ0n) is 17.1. The fourth-order valence-corrected chi connectivity index (χ4v) is 5.27. The van der Waals surface area contributed by atoms with Crippen molar-refractivity contribution in [2.24, 2.45) is 5.92 Å². The number of carbonyl (C=O) groups is 2. The number of esters is 1. The van der Waals surface area contributed by atoms with Gasteiger partial charge in [-0.3, -0.25) is 9.59 Å². The molecule has 0 saturated carbocycles. The minimum absolute atomic E-state index is 0.0188. The summed E-state index contributed by atoms with van der Waals surface area (Å²) in [4.78, 5) is 27.5. The highest BCUT2D eigenvalue weighted by Crippen LogP contribution is 2.48. The second-order valence-corrected chi connectivity index (χ2v) is 9.10. The molecule has 5 nitrogen and oxygen atoms in total. The van der Waals surface area contributed by atoms with Crippen molar-refractivity contribution in [3.05, 3.63) is 75.8 Å². The molecule has 156 valence electrons. The summed E-state index contributed by atoms with van der Waals surface area (Å²) in [6, 6.07) is 10.8. The summed E-state index contributed by atoms with van der Waals surface area (Å²) >= 11 is 1.65. The van der Waals surface area contributed by atoms with Gasteiger partial charge in [0.2, 0.25) is 0 Å². The van der Waals surface area contributed by atoms with E-state index in [4.69, 9.17) is 4.74 Å². The van der Waals surface area contributed by atoms with Crippen molar-refractivity contribution in [2.75, 3.05) is 0 Å². The number of carbonyl (C=O) groups excluding carboxylic acids is 2. The largest absolute Gasteiger partial charge is 0.508 e. The molecule has 2 heterocycles. The van der Waals surface area contributed by atoms with Crippen molar-refractivity contribution in [2.45, 2.75) is 44.6 Å². The molecule has 2 aromatic rings. The van der Waals surface area contributed by atoms with E-state index in [-0.39, 0.29) is 23.6 Å². The van der Waals surface area contributed by atoms with Crippen molar-refractivity contribution in [3.8, 4) is 5.75 Å². The van der Waals surface area contributed by atoms with Gasteiger partial charge < -0.3 is 15.2 Å². The predicted octanol–water partition coefficient (Wildman–Crippen LogP) is 4.62. The Kier molecular flexibility index (Phi) is 5.52. The molecule has 3 atom stereocenters. The van der Waals surface area contributed by atoms with Gasteiger partial charge in [0.05, 0.1) is 6.10 Å². The molecule has 0 radical (unpaired) electrons. The molecule has 1 aromatic carbocycles. The molecule has 0 fully saturated rings. The van der Waals surface area contributed by atoms with Crippen LogP contribution in [0.5, 0.6) is 5.75 Å². The molecule has 0 amide bonds. The summed E-state index contributed by atoms with van der Waals surface area (Å²) in [5.74, 6) is -1.48. The van der Waals surface area contributed by atoms with Gasteiger partial charge >= 0.3 is 5.97 Å². The van der Waals surface area contributed by atoms with Gasteiger partial charge in [0, 0.05) is 40.1 Å².